The molecule has 1 fully saturated rings. The maximum Gasteiger partial charge on any atom is 0.335 e. The average Bonchev–Trinajstić information content (AvgIpc) is 3.57. The standard InChI is InChI=1S/C24H28ClN5O2/c1-14-15(2)28-30(16(14)3)18-10-11-23(21(25)12-18)32-13-20-19(17-8-9-17)6-5-7-22(20)27-24(31)29(4)26/h5-7,10-12,17H,8-9,13,26H2,1-4H3,(H,27,31). The lowest BCUT2D eigenvalue weighted by Gasteiger charge is -2.18. The summed E-state index contributed by atoms with van der Waals surface area (Å²) < 4.78 is 8.01. The Labute approximate surface area is 193 Å². The van der Waals surface area contributed by atoms with Crippen molar-refractivity contribution >= 4 is 23.3 Å². The van der Waals surface area contributed by atoms with E-state index in [9.17, 15) is 4.79 Å². The summed E-state index contributed by atoms with van der Waals surface area (Å²) in [6.07, 6.45) is 2.28. The molecule has 1 aliphatic carbocycles. The molecule has 1 heterocycles. The van der Waals surface area contributed by atoms with Crippen LogP contribution in [0.5, 0.6) is 5.75 Å². The van der Waals surface area contributed by atoms with Crippen LogP contribution in [0.25, 0.3) is 5.69 Å². The van der Waals surface area contributed by atoms with Gasteiger partial charge in [0.15, 0.2) is 0 Å². The predicted molar refractivity (Wildman–Crippen MR) is 127 cm³/mol. The lowest BCUT2D eigenvalue weighted by atomic mass is 10.0. The van der Waals surface area contributed by atoms with Gasteiger partial charge in [0, 0.05) is 24.0 Å². The molecule has 1 saturated carbocycles. The van der Waals surface area contributed by atoms with Gasteiger partial charge in [-0.15, -0.1) is 0 Å². The topological polar surface area (TPSA) is 85.4 Å². The van der Waals surface area contributed by atoms with E-state index in [4.69, 9.17) is 22.2 Å². The molecule has 2 aromatic carbocycles. The van der Waals surface area contributed by atoms with Gasteiger partial charge in [0.25, 0.3) is 0 Å². The first-order valence-electron chi connectivity index (χ1n) is 10.6. The summed E-state index contributed by atoms with van der Waals surface area (Å²) in [6.45, 7) is 6.38. The van der Waals surface area contributed by atoms with Crippen molar-refractivity contribution in [3.8, 4) is 11.4 Å². The highest BCUT2D eigenvalue weighted by molar-refractivity contribution is 6.32. The van der Waals surface area contributed by atoms with Gasteiger partial charge in [0.1, 0.15) is 12.4 Å². The van der Waals surface area contributed by atoms with E-state index >= 15 is 0 Å². The first kappa shape index (κ1) is 22.2. The SMILES string of the molecule is Cc1nn(-c2ccc(OCc3c(NC(=O)N(C)N)cccc3C3CC3)c(Cl)c2)c(C)c1C. The van der Waals surface area contributed by atoms with Gasteiger partial charge >= 0.3 is 6.03 Å². The number of anilines is 1. The molecule has 7 nitrogen and oxygen atoms in total. The Balaban J connectivity index is 1.58. The number of hydrogen-bond donors (Lipinski definition) is 2. The van der Waals surface area contributed by atoms with E-state index in [1.807, 2.05) is 48.9 Å². The van der Waals surface area contributed by atoms with Crippen molar-refractivity contribution in [1.82, 2.24) is 14.8 Å². The minimum absolute atomic E-state index is 0.286. The molecule has 0 spiro atoms. The molecule has 0 radical (unpaired) electrons. The molecule has 1 aromatic heterocycles. The second-order valence-electron chi connectivity index (χ2n) is 8.30. The number of aryl methyl sites for hydroxylation is 1. The van der Waals surface area contributed by atoms with Crippen LogP contribution in [0.2, 0.25) is 5.02 Å². The van der Waals surface area contributed by atoms with E-state index in [2.05, 4.69) is 23.4 Å². The van der Waals surface area contributed by atoms with E-state index < -0.39 is 0 Å². The molecule has 32 heavy (non-hydrogen) atoms. The predicted octanol–water partition coefficient (Wildman–Crippen LogP) is 5.24. The van der Waals surface area contributed by atoms with Crippen molar-refractivity contribution < 1.29 is 9.53 Å². The number of halogens is 1. The maximum atomic E-state index is 12.1. The number of hydrogen-bond acceptors (Lipinski definition) is 4. The van der Waals surface area contributed by atoms with Gasteiger partial charge in [-0.1, -0.05) is 23.7 Å². The summed E-state index contributed by atoms with van der Waals surface area (Å²) in [5.41, 5.74) is 6.95. The van der Waals surface area contributed by atoms with Crippen LogP contribution in [0.3, 0.4) is 0 Å². The van der Waals surface area contributed by atoms with E-state index in [0.717, 1.165) is 46.1 Å². The van der Waals surface area contributed by atoms with Gasteiger partial charge in [0.05, 0.1) is 16.4 Å². The monoisotopic (exact) mass is 453 g/mol. The van der Waals surface area contributed by atoms with Gasteiger partial charge in [-0.05, 0) is 74.9 Å². The van der Waals surface area contributed by atoms with E-state index in [-0.39, 0.29) is 12.6 Å². The number of amides is 2. The van der Waals surface area contributed by atoms with Crippen LogP contribution in [-0.4, -0.2) is 27.9 Å². The number of urea groups is 1. The van der Waals surface area contributed by atoms with Gasteiger partial charge in [-0.2, -0.15) is 5.10 Å². The third kappa shape index (κ3) is 4.45. The summed E-state index contributed by atoms with van der Waals surface area (Å²) in [7, 11) is 1.50. The minimum Gasteiger partial charge on any atom is -0.487 e. The fraction of sp³-hybridized carbons (Fsp3) is 0.333. The maximum absolute atomic E-state index is 12.1. The zero-order valence-electron chi connectivity index (χ0n) is 18.8. The number of nitrogens with two attached hydrogens (primary N) is 1. The Hall–Kier alpha value is -3.03. The molecule has 3 N–H and O–H groups in total. The zero-order chi connectivity index (χ0) is 23.0. The number of rotatable bonds is 6. The molecule has 1 aliphatic rings. The Morgan fingerprint density at radius 2 is 2.03 bits per heavy atom. The fourth-order valence-corrected chi connectivity index (χ4v) is 3.95. The summed E-state index contributed by atoms with van der Waals surface area (Å²) in [4.78, 5) is 12.1. The number of nitrogens with one attached hydrogen (secondary N) is 1. The summed E-state index contributed by atoms with van der Waals surface area (Å²) in [6, 6.07) is 11.2. The van der Waals surface area contributed by atoms with Crippen molar-refractivity contribution in [2.75, 3.05) is 12.4 Å². The molecule has 4 rings (SSSR count). The number of carbonyl (C=O) groups excluding carboxylic acids is 1. The van der Waals surface area contributed by atoms with Gasteiger partial charge in [-0.25, -0.2) is 15.3 Å². The van der Waals surface area contributed by atoms with Crippen molar-refractivity contribution in [2.45, 2.75) is 46.1 Å². The average molecular weight is 454 g/mol. The molecular weight excluding hydrogens is 426 g/mol. The van der Waals surface area contributed by atoms with Gasteiger partial charge in [-0.3, -0.25) is 5.01 Å². The highest BCUT2D eigenvalue weighted by atomic mass is 35.5. The smallest absolute Gasteiger partial charge is 0.335 e. The van der Waals surface area contributed by atoms with Crippen LogP contribution in [0.1, 0.15) is 46.8 Å². The Morgan fingerprint density at radius 1 is 1.28 bits per heavy atom. The molecule has 168 valence electrons. The molecule has 0 saturated heterocycles. The highest BCUT2D eigenvalue weighted by Gasteiger charge is 2.28. The lowest BCUT2D eigenvalue weighted by molar-refractivity contribution is 0.223. The highest BCUT2D eigenvalue weighted by Crippen LogP contribution is 2.43. The number of ether oxygens (including phenoxy) is 1. The van der Waals surface area contributed by atoms with Crippen LogP contribution < -0.4 is 15.9 Å². The first-order valence-corrected chi connectivity index (χ1v) is 11.0. The molecule has 2 amide bonds. The third-order valence-corrected chi connectivity index (χ3v) is 6.27. The summed E-state index contributed by atoms with van der Waals surface area (Å²) in [5.74, 6) is 6.65. The van der Waals surface area contributed by atoms with Crippen molar-refractivity contribution in [2.24, 2.45) is 5.84 Å². The Kier molecular flexibility index (Phi) is 6.13. The Morgan fingerprint density at radius 3 is 2.62 bits per heavy atom. The molecule has 0 unspecified atom stereocenters. The summed E-state index contributed by atoms with van der Waals surface area (Å²) >= 11 is 6.57. The second kappa shape index (κ2) is 8.84. The number of nitrogens with zero attached hydrogens (tertiary/aromatic N) is 3. The lowest BCUT2D eigenvalue weighted by Crippen LogP contribution is -2.37. The molecule has 8 heteroatoms. The number of carbonyl (C=O) groups is 1. The van der Waals surface area contributed by atoms with Crippen LogP contribution >= 0.6 is 11.6 Å². The normalized spacial score (nSPS) is 13.2. The third-order valence-electron chi connectivity index (χ3n) is 5.98. The number of hydrazine groups is 1. The number of aromatic nitrogens is 2. The van der Waals surface area contributed by atoms with Crippen LogP contribution in [0.15, 0.2) is 36.4 Å². The molecule has 0 bridgehead atoms. The number of benzene rings is 2. The van der Waals surface area contributed by atoms with Gasteiger partial charge < -0.3 is 10.1 Å². The zero-order valence-corrected chi connectivity index (χ0v) is 19.5. The van der Waals surface area contributed by atoms with Gasteiger partial charge in [0.2, 0.25) is 0 Å². The largest absolute Gasteiger partial charge is 0.487 e. The Bertz CT molecular complexity index is 1170. The summed E-state index contributed by atoms with van der Waals surface area (Å²) in [5, 5.41) is 8.99. The minimum atomic E-state index is -0.387. The quantitative estimate of drug-likeness (QED) is 0.303. The molecule has 3 aromatic rings. The van der Waals surface area contributed by atoms with Crippen LogP contribution in [0, 0.1) is 20.8 Å². The van der Waals surface area contributed by atoms with E-state index in [1.165, 1.54) is 12.6 Å². The molecule has 0 aliphatic heterocycles. The molecular formula is C24H28ClN5O2. The van der Waals surface area contributed by atoms with Crippen molar-refractivity contribution in [3.63, 3.8) is 0 Å². The van der Waals surface area contributed by atoms with Crippen molar-refractivity contribution in [3.05, 3.63) is 69.5 Å². The van der Waals surface area contributed by atoms with Crippen molar-refractivity contribution in [1.29, 1.82) is 0 Å². The van der Waals surface area contributed by atoms with Crippen LogP contribution in [0.4, 0.5) is 10.5 Å². The van der Waals surface area contributed by atoms with Crippen LogP contribution in [-0.2, 0) is 6.61 Å². The molecule has 0 atom stereocenters. The second-order valence-corrected chi connectivity index (χ2v) is 8.71. The first-order chi connectivity index (χ1) is 15.3. The van der Waals surface area contributed by atoms with E-state index in [0.29, 0.717) is 22.4 Å². The van der Waals surface area contributed by atoms with E-state index in [1.54, 1.807) is 0 Å². The fourth-order valence-electron chi connectivity index (χ4n) is 3.72.